The third kappa shape index (κ3) is 7.09. The van der Waals surface area contributed by atoms with E-state index in [-0.39, 0.29) is 11.0 Å². The summed E-state index contributed by atoms with van der Waals surface area (Å²) in [6.07, 6.45) is 5.45. The van der Waals surface area contributed by atoms with Crippen molar-refractivity contribution in [1.29, 1.82) is 0 Å². The summed E-state index contributed by atoms with van der Waals surface area (Å²) in [5.74, 6) is 7.84. The number of ether oxygens (including phenoxy) is 1. The number of piperidine rings is 1. The summed E-state index contributed by atoms with van der Waals surface area (Å²) in [7, 11) is -2.32. The van der Waals surface area contributed by atoms with Gasteiger partial charge < -0.3 is 25.4 Å². The van der Waals surface area contributed by atoms with Gasteiger partial charge in [0, 0.05) is 31.7 Å². The molecule has 0 spiro atoms. The van der Waals surface area contributed by atoms with Crippen LogP contribution in [0.3, 0.4) is 0 Å². The lowest BCUT2D eigenvalue weighted by Crippen LogP contribution is -2.41. The van der Waals surface area contributed by atoms with Crippen molar-refractivity contribution in [2.45, 2.75) is 56.1 Å². The number of nitrogens with zero attached hydrogens (tertiary/aromatic N) is 1. The number of hydrogen-bond donors (Lipinski definition) is 4. The number of β-amino-alcohol motifs (C(OH)–C–C–N with tert-alkyl or cyclic N) is 1. The molecule has 10 heteroatoms. The highest BCUT2D eigenvalue weighted by atomic mass is 32.2. The van der Waals surface area contributed by atoms with E-state index in [2.05, 4.69) is 45.6 Å². The molecule has 2 fully saturated rings. The highest BCUT2D eigenvalue weighted by molar-refractivity contribution is 7.89. The molecular formula is C30H38N4O4S2. The van der Waals surface area contributed by atoms with Crippen LogP contribution in [-0.2, 0) is 16.4 Å². The number of methoxy groups -OCH3 is 1. The number of aliphatic hydroxyl groups excluding tert-OH is 1. The number of fused-ring (bicyclic) bond motifs is 1. The van der Waals surface area contributed by atoms with Crippen molar-refractivity contribution in [2.24, 2.45) is 11.1 Å². The smallest absolute Gasteiger partial charge is 0.238 e. The van der Waals surface area contributed by atoms with Crippen molar-refractivity contribution in [3.8, 4) is 17.6 Å². The van der Waals surface area contributed by atoms with Crippen LogP contribution in [0, 0.1) is 17.8 Å². The van der Waals surface area contributed by atoms with Gasteiger partial charge in [0.15, 0.2) is 0 Å². The lowest BCUT2D eigenvalue weighted by molar-refractivity contribution is 0.111. The Balaban J connectivity index is 1.32. The summed E-state index contributed by atoms with van der Waals surface area (Å²) in [6, 6.07) is 11.5. The Bertz CT molecular complexity index is 1510. The predicted molar refractivity (Wildman–Crippen MR) is 163 cm³/mol. The van der Waals surface area contributed by atoms with E-state index < -0.39 is 10.0 Å². The molecule has 1 atom stereocenters. The van der Waals surface area contributed by atoms with Crippen molar-refractivity contribution < 1.29 is 18.3 Å². The molecular weight excluding hydrogens is 544 g/mol. The molecule has 2 aromatic carbocycles. The molecule has 2 heterocycles. The van der Waals surface area contributed by atoms with Crippen LogP contribution in [0.1, 0.15) is 43.0 Å². The van der Waals surface area contributed by atoms with Crippen molar-refractivity contribution in [1.82, 2.24) is 4.90 Å². The SMILES string of the molecule is COc1cc(S(N)(=O)=O)ccc1NCC#Cc1sc2c(NC3CCN(CC(C)O)CC3)cccc2c1CC1CC1. The first kappa shape index (κ1) is 28.7. The lowest BCUT2D eigenvalue weighted by Gasteiger charge is -2.33. The van der Waals surface area contributed by atoms with E-state index in [1.807, 2.05) is 6.92 Å². The molecule has 1 saturated carbocycles. The van der Waals surface area contributed by atoms with E-state index in [0.29, 0.717) is 24.0 Å². The van der Waals surface area contributed by atoms with Crippen molar-refractivity contribution in [3.63, 3.8) is 0 Å². The third-order valence-electron chi connectivity index (χ3n) is 7.55. The number of hydrogen-bond acceptors (Lipinski definition) is 8. The molecule has 2 aliphatic rings. The van der Waals surface area contributed by atoms with Crippen LogP contribution in [0.5, 0.6) is 5.75 Å². The Kier molecular flexibility index (Phi) is 8.88. The minimum atomic E-state index is -3.81. The maximum Gasteiger partial charge on any atom is 0.238 e. The molecule has 1 aliphatic carbocycles. The Hall–Kier alpha value is -2.81. The van der Waals surface area contributed by atoms with Gasteiger partial charge in [0.2, 0.25) is 10.0 Å². The second-order valence-corrected chi connectivity index (χ2v) is 13.5. The summed E-state index contributed by atoms with van der Waals surface area (Å²) < 4.78 is 30.0. The summed E-state index contributed by atoms with van der Waals surface area (Å²) in [4.78, 5) is 3.46. The largest absolute Gasteiger partial charge is 0.495 e. The number of anilines is 2. The van der Waals surface area contributed by atoms with Gasteiger partial charge in [-0.2, -0.15) is 0 Å². The lowest BCUT2D eigenvalue weighted by atomic mass is 10.0. The predicted octanol–water partition coefficient (Wildman–Crippen LogP) is 4.23. The Morgan fingerprint density at radius 2 is 1.95 bits per heavy atom. The molecule has 1 aliphatic heterocycles. The number of aliphatic hydroxyl groups is 1. The fraction of sp³-hybridized carbons (Fsp3) is 0.467. The fourth-order valence-corrected chi connectivity index (χ4v) is 7.02. The molecule has 8 nitrogen and oxygen atoms in total. The van der Waals surface area contributed by atoms with Crippen LogP contribution in [0.25, 0.3) is 10.1 Å². The van der Waals surface area contributed by atoms with Crippen LogP contribution in [0.2, 0.25) is 0 Å². The standard InChI is InChI=1S/C30H38N4O4S2/c1-20(35)19-34-15-12-22(13-16-34)33-27-6-3-5-24-25(17-21-8-9-21)29(39-30(24)27)7-4-14-32-26-11-10-23(40(31,36)37)18-28(26)38-2/h3,5-6,10-11,18,20-22,32-33,35H,8-9,12-17,19H2,1-2H3,(H2,31,36,37). The van der Waals surface area contributed by atoms with Gasteiger partial charge in [-0.15, -0.1) is 11.3 Å². The van der Waals surface area contributed by atoms with Crippen LogP contribution in [-0.4, -0.2) is 63.9 Å². The van der Waals surface area contributed by atoms with Crippen LogP contribution >= 0.6 is 11.3 Å². The summed E-state index contributed by atoms with van der Waals surface area (Å²) in [5, 5.41) is 23.3. The zero-order valence-electron chi connectivity index (χ0n) is 23.1. The number of primary sulfonamides is 1. The monoisotopic (exact) mass is 582 g/mol. The second kappa shape index (κ2) is 12.4. The van der Waals surface area contributed by atoms with E-state index in [1.54, 1.807) is 17.4 Å². The van der Waals surface area contributed by atoms with E-state index in [1.165, 1.54) is 53.4 Å². The summed E-state index contributed by atoms with van der Waals surface area (Å²) in [5.41, 5.74) is 3.18. The highest BCUT2D eigenvalue weighted by Gasteiger charge is 2.26. The maximum absolute atomic E-state index is 11.7. The number of likely N-dealkylation sites (tertiary alicyclic amines) is 1. The van der Waals surface area contributed by atoms with Crippen molar-refractivity contribution >= 4 is 42.8 Å². The van der Waals surface area contributed by atoms with E-state index in [4.69, 9.17) is 9.88 Å². The molecule has 214 valence electrons. The molecule has 0 bridgehead atoms. The Labute approximate surface area is 241 Å². The van der Waals surface area contributed by atoms with Gasteiger partial charge in [0.05, 0.1) is 45.6 Å². The Morgan fingerprint density at radius 3 is 2.62 bits per heavy atom. The molecule has 5 N–H and O–H groups in total. The number of benzene rings is 2. The molecule has 1 saturated heterocycles. The number of thiophene rings is 1. The molecule has 5 rings (SSSR count). The molecule has 0 amide bonds. The van der Waals surface area contributed by atoms with Crippen LogP contribution in [0.4, 0.5) is 11.4 Å². The average Bonchev–Trinajstić information content (AvgIpc) is 3.67. The zero-order chi connectivity index (χ0) is 28.3. The van der Waals surface area contributed by atoms with Crippen LogP contribution < -0.4 is 20.5 Å². The van der Waals surface area contributed by atoms with E-state index in [0.717, 1.165) is 49.7 Å². The number of nitrogens with one attached hydrogen (secondary N) is 2. The first-order chi connectivity index (χ1) is 19.2. The summed E-state index contributed by atoms with van der Waals surface area (Å²) >= 11 is 1.76. The van der Waals surface area contributed by atoms with Gasteiger partial charge in [0.1, 0.15) is 5.75 Å². The van der Waals surface area contributed by atoms with Crippen LogP contribution in [0.15, 0.2) is 41.3 Å². The number of nitrogens with two attached hydrogens (primary N) is 1. The molecule has 40 heavy (non-hydrogen) atoms. The molecule has 1 unspecified atom stereocenters. The van der Waals surface area contributed by atoms with Gasteiger partial charge in [-0.3, -0.25) is 0 Å². The van der Waals surface area contributed by atoms with Crippen molar-refractivity contribution in [3.05, 3.63) is 46.8 Å². The first-order valence-electron chi connectivity index (χ1n) is 13.9. The van der Waals surface area contributed by atoms with E-state index >= 15 is 0 Å². The van der Waals surface area contributed by atoms with Gasteiger partial charge in [-0.05, 0) is 74.1 Å². The number of rotatable bonds is 10. The molecule has 1 aromatic heterocycles. The Morgan fingerprint density at radius 1 is 1.18 bits per heavy atom. The quantitative estimate of drug-likeness (QED) is 0.264. The topological polar surface area (TPSA) is 117 Å². The minimum Gasteiger partial charge on any atom is -0.495 e. The first-order valence-corrected chi connectivity index (χ1v) is 16.2. The fourth-order valence-electron chi connectivity index (χ4n) is 5.31. The number of sulfonamides is 1. The minimum absolute atomic E-state index is 0.00528. The average molecular weight is 583 g/mol. The van der Waals surface area contributed by atoms with Gasteiger partial charge in [-0.25, -0.2) is 13.6 Å². The third-order valence-corrected chi connectivity index (χ3v) is 9.66. The van der Waals surface area contributed by atoms with E-state index in [9.17, 15) is 13.5 Å². The maximum atomic E-state index is 11.7. The summed E-state index contributed by atoms with van der Waals surface area (Å²) in [6.45, 7) is 4.97. The van der Waals surface area contributed by atoms with Gasteiger partial charge in [-0.1, -0.05) is 24.0 Å². The zero-order valence-corrected chi connectivity index (χ0v) is 24.7. The van der Waals surface area contributed by atoms with Crippen molar-refractivity contribution in [2.75, 3.05) is 43.9 Å². The molecule has 3 aromatic rings. The molecule has 0 radical (unpaired) electrons. The van der Waals surface area contributed by atoms with Gasteiger partial charge in [0.25, 0.3) is 0 Å². The highest BCUT2D eigenvalue weighted by Crippen LogP contribution is 2.41. The normalized spacial score (nSPS) is 17.3. The van der Waals surface area contributed by atoms with Gasteiger partial charge >= 0.3 is 0 Å². The second-order valence-electron chi connectivity index (χ2n) is 10.9.